The Hall–Kier alpha value is -1.06. The topological polar surface area (TPSA) is 57.6 Å². The second-order valence-corrected chi connectivity index (χ2v) is 5.76. The van der Waals surface area contributed by atoms with Gasteiger partial charge in [-0.1, -0.05) is 26.7 Å². The zero-order valence-electron chi connectivity index (χ0n) is 11.3. The van der Waals surface area contributed by atoms with Gasteiger partial charge in [0.25, 0.3) is 0 Å². The van der Waals surface area contributed by atoms with Crippen molar-refractivity contribution in [1.82, 2.24) is 4.90 Å². The van der Waals surface area contributed by atoms with Crippen molar-refractivity contribution < 1.29 is 14.7 Å². The first kappa shape index (κ1) is 13.4. The zero-order chi connectivity index (χ0) is 13.3. The molecule has 0 aromatic heterocycles. The second-order valence-electron chi connectivity index (χ2n) is 5.76. The molecule has 1 heterocycles. The molecule has 1 amide bonds. The Bertz CT molecular complexity index is 342. The van der Waals surface area contributed by atoms with Crippen LogP contribution in [0.25, 0.3) is 0 Å². The first-order valence-electron chi connectivity index (χ1n) is 7.11. The van der Waals surface area contributed by atoms with Crippen LogP contribution in [0.5, 0.6) is 0 Å². The molecule has 102 valence electrons. The van der Waals surface area contributed by atoms with Gasteiger partial charge >= 0.3 is 5.97 Å². The molecule has 1 saturated carbocycles. The van der Waals surface area contributed by atoms with E-state index in [0.717, 1.165) is 25.7 Å². The quantitative estimate of drug-likeness (QED) is 0.839. The third-order valence-electron chi connectivity index (χ3n) is 4.66. The molecule has 0 aromatic carbocycles. The summed E-state index contributed by atoms with van der Waals surface area (Å²) in [4.78, 5) is 25.5. The number of aliphatic carboxylic acids is 1. The summed E-state index contributed by atoms with van der Waals surface area (Å²) in [6.45, 7) is 3.88. The molecular formula is C14H23NO3. The van der Waals surface area contributed by atoms with Crippen LogP contribution in [0.15, 0.2) is 0 Å². The van der Waals surface area contributed by atoms with Gasteiger partial charge in [0, 0.05) is 12.0 Å². The predicted molar refractivity (Wildman–Crippen MR) is 68.1 cm³/mol. The number of likely N-dealkylation sites (tertiary alicyclic amines) is 1. The largest absolute Gasteiger partial charge is 0.480 e. The van der Waals surface area contributed by atoms with Gasteiger partial charge in [0.05, 0.1) is 0 Å². The van der Waals surface area contributed by atoms with Crippen LogP contribution < -0.4 is 0 Å². The molecule has 2 rings (SSSR count). The summed E-state index contributed by atoms with van der Waals surface area (Å²) in [6.07, 6.45) is 5.80. The number of amides is 1. The molecule has 4 atom stereocenters. The number of carboxylic acid groups (broad SMARTS) is 1. The molecular weight excluding hydrogens is 230 g/mol. The van der Waals surface area contributed by atoms with E-state index in [2.05, 4.69) is 0 Å². The molecule has 4 heteroatoms. The fraction of sp³-hybridized carbons (Fsp3) is 0.857. The third-order valence-corrected chi connectivity index (χ3v) is 4.66. The van der Waals surface area contributed by atoms with E-state index in [4.69, 9.17) is 0 Å². The molecule has 0 bridgehead atoms. The summed E-state index contributed by atoms with van der Waals surface area (Å²) >= 11 is 0. The van der Waals surface area contributed by atoms with Crippen molar-refractivity contribution in [3.8, 4) is 0 Å². The molecule has 4 unspecified atom stereocenters. The van der Waals surface area contributed by atoms with Gasteiger partial charge in [-0.2, -0.15) is 0 Å². The maximum absolute atomic E-state index is 12.4. The summed E-state index contributed by atoms with van der Waals surface area (Å²) in [6, 6.07) is -0.402. The van der Waals surface area contributed by atoms with Crippen LogP contribution in [0.4, 0.5) is 0 Å². The molecule has 2 fully saturated rings. The molecule has 2 aliphatic rings. The molecule has 1 aliphatic carbocycles. The maximum Gasteiger partial charge on any atom is 0.326 e. The van der Waals surface area contributed by atoms with E-state index in [1.165, 1.54) is 6.42 Å². The predicted octanol–water partition coefficient (Wildman–Crippen LogP) is 2.28. The SMILES string of the molecule is CCC(C)C(=O)N1C(C(=O)O)CC2CCCCC21. The fourth-order valence-corrected chi connectivity index (χ4v) is 3.43. The number of fused-ring (bicyclic) bond motifs is 1. The van der Waals surface area contributed by atoms with Crippen LogP contribution in [0.2, 0.25) is 0 Å². The van der Waals surface area contributed by atoms with Gasteiger partial charge in [0.1, 0.15) is 6.04 Å². The van der Waals surface area contributed by atoms with Crippen molar-refractivity contribution in [2.45, 2.75) is 64.5 Å². The summed E-state index contributed by atoms with van der Waals surface area (Å²) < 4.78 is 0. The third kappa shape index (κ3) is 2.25. The van der Waals surface area contributed by atoms with Crippen LogP contribution in [0.3, 0.4) is 0 Å². The minimum atomic E-state index is -0.832. The summed E-state index contributed by atoms with van der Waals surface area (Å²) in [5, 5.41) is 9.34. The number of hydrogen-bond acceptors (Lipinski definition) is 2. The number of carbonyl (C=O) groups excluding carboxylic acids is 1. The Morgan fingerprint density at radius 1 is 1.33 bits per heavy atom. The van der Waals surface area contributed by atoms with Crippen molar-refractivity contribution >= 4 is 11.9 Å². The minimum Gasteiger partial charge on any atom is -0.480 e. The molecule has 0 spiro atoms. The van der Waals surface area contributed by atoms with Gasteiger partial charge in [-0.15, -0.1) is 0 Å². The summed E-state index contributed by atoms with van der Waals surface area (Å²) in [5.74, 6) is -0.444. The van der Waals surface area contributed by atoms with E-state index in [1.54, 1.807) is 4.90 Å². The van der Waals surface area contributed by atoms with Crippen molar-refractivity contribution in [3.63, 3.8) is 0 Å². The molecule has 1 saturated heterocycles. The van der Waals surface area contributed by atoms with E-state index in [1.807, 2.05) is 13.8 Å². The lowest BCUT2D eigenvalue weighted by Gasteiger charge is -2.34. The molecule has 0 aromatic rings. The zero-order valence-corrected chi connectivity index (χ0v) is 11.3. The van der Waals surface area contributed by atoms with E-state index < -0.39 is 12.0 Å². The van der Waals surface area contributed by atoms with Crippen LogP contribution >= 0.6 is 0 Å². The molecule has 1 N–H and O–H groups in total. The highest BCUT2D eigenvalue weighted by atomic mass is 16.4. The maximum atomic E-state index is 12.4. The first-order chi connectivity index (χ1) is 8.56. The average molecular weight is 253 g/mol. The Labute approximate surface area is 108 Å². The fourth-order valence-electron chi connectivity index (χ4n) is 3.43. The summed E-state index contributed by atoms with van der Waals surface area (Å²) in [7, 11) is 0. The van der Waals surface area contributed by atoms with Crippen molar-refractivity contribution in [3.05, 3.63) is 0 Å². The standard InChI is InChI=1S/C14H23NO3/c1-3-9(2)13(16)15-11-7-5-4-6-10(11)8-12(15)14(17)18/h9-12H,3-8H2,1-2H3,(H,17,18). The van der Waals surface area contributed by atoms with Crippen LogP contribution in [0, 0.1) is 11.8 Å². The first-order valence-corrected chi connectivity index (χ1v) is 7.11. The Morgan fingerprint density at radius 3 is 2.61 bits per heavy atom. The van der Waals surface area contributed by atoms with Crippen LogP contribution in [-0.2, 0) is 9.59 Å². The van der Waals surface area contributed by atoms with E-state index in [0.29, 0.717) is 12.3 Å². The smallest absolute Gasteiger partial charge is 0.326 e. The molecule has 1 aliphatic heterocycles. The second kappa shape index (κ2) is 5.29. The average Bonchev–Trinajstić information content (AvgIpc) is 2.76. The molecule has 4 nitrogen and oxygen atoms in total. The normalized spacial score (nSPS) is 33.0. The van der Waals surface area contributed by atoms with Crippen molar-refractivity contribution in [1.29, 1.82) is 0 Å². The van der Waals surface area contributed by atoms with Crippen LogP contribution in [-0.4, -0.2) is 34.0 Å². The number of rotatable bonds is 3. The van der Waals surface area contributed by atoms with Gasteiger partial charge in [-0.25, -0.2) is 4.79 Å². The lowest BCUT2D eigenvalue weighted by molar-refractivity contribution is -0.151. The highest BCUT2D eigenvalue weighted by Gasteiger charge is 2.47. The van der Waals surface area contributed by atoms with Crippen molar-refractivity contribution in [2.24, 2.45) is 11.8 Å². The summed E-state index contributed by atoms with van der Waals surface area (Å²) in [5.41, 5.74) is 0. The number of carboxylic acids is 1. The van der Waals surface area contributed by atoms with E-state index >= 15 is 0 Å². The highest BCUT2D eigenvalue weighted by Crippen LogP contribution is 2.40. The van der Waals surface area contributed by atoms with E-state index in [-0.39, 0.29) is 17.9 Å². The monoisotopic (exact) mass is 253 g/mol. The van der Waals surface area contributed by atoms with Gasteiger partial charge in [0.2, 0.25) is 5.91 Å². The van der Waals surface area contributed by atoms with E-state index in [9.17, 15) is 14.7 Å². The van der Waals surface area contributed by atoms with Gasteiger partial charge in [-0.3, -0.25) is 4.79 Å². The van der Waals surface area contributed by atoms with Crippen LogP contribution in [0.1, 0.15) is 52.4 Å². The number of carbonyl (C=O) groups is 2. The van der Waals surface area contributed by atoms with Gasteiger partial charge < -0.3 is 10.0 Å². The lowest BCUT2D eigenvalue weighted by Crippen LogP contribution is -2.48. The lowest BCUT2D eigenvalue weighted by atomic mass is 9.84. The Balaban J connectivity index is 2.21. The number of nitrogens with zero attached hydrogens (tertiary/aromatic N) is 1. The Morgan fingerprint density at radius 2 is 2.00 bits per heavy atom. The molecule has 18 heavy (non-hydrogen) atoms. The Kier molecular flexibility index (Phi) is 3.93. The minimum absolute atomic E-state index is 0.0410. The van der Waals surface area contributed by atoms with Crippen molar-refractivity contribution in [2.75, 3.05) is 0 Å². The van der Waals surface area contributed by atoms with Gasteiger partial charge in [0.15, 0.2) is 0 Å². The molecule has 0 radical (unpaired) electrons. The highest BCUT2D eigenvalue weighted by molar-refractivity contribution is 5.86. The number of hydrogen-bond donors (Lipinski definition) is 1. The van der Waals surface area contributed by atoms with Gasteiger partial charge in [-0.05, 0) is 31.6 Å².